The second-order valence-corrected chi connectivity index (χ2v) is 9.11. The quantitative estimate of drug-likeness (QED) is 0.371. The first kappa shape index (κ1) is 22.8. The number of carbonyl (C=O) groups excluding carboxylic acids is 1. The summed E-state index contributed by atoms with van der Waals surface area (Å²) in [5, 5.41) is 2.99. The van der Waals surface area contributed by atoms with E-state index < -0.39 is 0 Å². The van der Waals surface area contributed by atoms with E-state index in [1.807, 2.05) is 49.5 Å². The minimum atomic E-state index is -0.103. The molecule has 0 saturated heterocycles. The molecule has 2 N–H and O–H groups in total. The predicted molar refractivity (Wildman–Crippen MR) is 138 cm³/mol. The normalized spacial score (nSPS) is 14.7. The molecule has 0 aliphatic carbocycles. The molecular formula is C28H25N7O2. The standard InChI is InChI=1S/C28H25N7O2/c1-17-30-10-7-23(33-17)21-13-24-27(32-15-21)35-26(34-24)22-12-20-11-19(4-5-25(20)37-16-22)28(36)31-9-6-18-3-2-8-29-14-18/h2-5,7-8,10-11,13-15,22H,6,9,12,16H2,1H3,(H,31,36)(H,32,34,35). The fourth-order valence-corrected chi connectivity index (χ4v) is 4.55. The van der Waals surface area contributed by atoms with E-state index in [-0.39, 0.29) is 11.8 Å². The largest absolute Gasteiger partial charge is 0.493 e. The molecule has 1 atom stereocenters. The first-order chi connectivity index (χ1) is 18.1. The predicted octanol–water partition coefficient (Wildman–Crippen LogP) is 3.81. The summed E-state index contributed by atoms with van der Waals surface area (Å²) in [4.78, 5) is 38.2. The first-order valence-electron chi connectivity index (χ1n) is 12.2. The zero-order chi connectivity index (χ0) is 25.2. The number of aromatic amines is 1. The zero-order valence-corrected chi connectivity index (χ0v) is 20.3. The van der Waals surface area contributed by atoms with Gasteiger partial charge in [-0.3, -0.25) is 9.78 Å². The number of nitrogens with zero attached hydrogens (tertiary/aromatic N) is 5. The van der Waals surface area contributed by atoms with Crippen LogP contribution >= 0.6 is 0 Å². The van der Waals surface area contributed by atoms with Crippen molar-refractivity contribution in [3.05, 3.63) is 95.6 Å². The maximum absolute atomic E-state index is 12.8. The summed E-state index contributed by atoms with van der Waals surface area (Å²) in [7, 11) is 0. The highest BCUT2D eigenvalue weighted by molar-refractivity contribution is 5.94. The van der Waals surface area contributed by atoms with Gasteiger partial charge in [-0.25, -0.2) is 19.9 Å². The highest BCUT2D eigenvalue weighted by Gasteiger charge is 2.25. The molecule has 6 rings (SSSR count). The molecule has 4 aromatic heterocycles. The molecule has 1 amide bonds. The number of pyridine rings is 2. The lowest BCUT2D eigenvalue weighted by Gasteiger charge is -2.24. The molecule has 1 aliphatic heterocycles. The Morgan fingerprint density at radius 3 is 2.92 bits per heavy atom. The van der Waals surface area contributed by atoms with Crippen molar-refractivity contribution in [3.63, 3.8) is 0 Å². The molecule has 0 bridgehead atoms. The minimum absolute atomic E-state index is 0.0235. The number of hydrogen-bond acceptors (Lipinski definition) is 7. The Morgan fingerprint density at radius 2 is 2.05 bits per heavy atom. The van der Waals surface area contributed by atoms with Crippen LogP contribution in [0.4, 0.5) is 0 Å². The fraction of sp³-hybridized carbons (Fsp3) is 0.214. The number of benzene rings is 1. The van der Waals surface area contributed by atoms with Gasteiger partial charge in [0, 0.05) is 42.5 Å². The molecule has 9 heteroatoms. The maximum Gasteiger partial charge on any atom is 0.251 e. The van der Waals surface area contributed by atoms with Gasteiger partial charge in [-0.2, -0.15) is 0 Å². The summed E-state index contributed by atoms with van der Waals surface area (Å²) < 4.78 is 6.03. The molecule has 0 spiro atoms. The van der Waals surface area contributed by atoms with Crippen LogP contribution in [0.3, 0.4) is 0 Å². The number of amides is 1. The average Bonchev–Trinajstić information content (AvgIpc) is 3.36. The summed E-state index contributed by atoms with van der Waals surface area (Å²) in [6, 6.07) is 13.4. The Morgan fingerprint density at radius 1 is 1.11 bits per heavy atom. The summed E-state index contributed by atoms with van der Waals surface area (Å²) in [5.74, 6) is 2.25. The van der Waals surface area contributed by atoms with Gasteiger partial charge < -0.3 is 15.0 Å². The molecule has 9 nitrogen and oxygen atoms in total. The van der Waals surface area contributed by atoms with Crippen LogP contribution in [-0.4, -0.2) is 49.0 Å². The average molecular weight is 492 g/mol. The minimum Gasteiger partial charge on any atom is -0.493 e. The van der Waals surface area contributed by atoms with E-state index in [0.717, 1.165) is 45.9 Å². The Kier molecular flexibility index (Phi) is 6.02. The van der Waals surface area contributed by atoms with Crippen LogP contribution in [0.25, 0.3) is 22.4 Å². The first-order valence-corrected chi connectivity index (χ1v) is 12.2. The van der Waals surface area contributed by atoms with Gasteiger partial charge in [0.15, 0.2) is 5.65 Å². The van der Waals surface area contributed by atoms with Crippen molar-refractivity contribution in [3.8, 4) is 17.0 Å². The van der Waals surface area contributed by atoms with E-state index in [1.54, 1.807) is 24.7 Å². The number of imidazole rings is 1. The number of carbonyl (C=O) groups is 1. The third kappa shape index (κ3) is 4.88. The Labute approximate surface area is 213 Å². The summed E-state index contributed by atoms with van der Waals surface area (Å²) in [5.41, 5.74) is 5.90. The van der Waals surface area contributed by atoms with Gasteiger partial charge in [0.1, 0.15) is 17.4 Å². The van der Waals surface area contributed by atoms with Crippen molar-refractivity contribution in [1.29, 1.82) is 0 Å². The molecule has 37 heavy (non-hydrogen) atoms. The lowest BCUT2D eigenvalue weighted by atomic mass is 9.94. The third-order valence-electron chi connectivity index (χ3n) is 6.47. The molecule has 1 aromatic carbocycles. The van der Waals surface area contributed by atoms with Crippen molar-refractivity contribution >= 4 is 17.1 Å². The molecule has 1 unspecified atom stereocenters. The molecule has 5 heterocycles. The van der Waals surface area contributed by atoms with Crippen LogP contribution in [0, 0.1) is 6.92 Å². The molecule has 0 saturated carbocycles. The SMILES string of the molecule is Cc1nccc(-c2cnc3nc(C4COc5ccc(C(=O)NCCc6cccnc6)cc5C4)[nH]c3c2)n1. The molecule has 5 aromatic rings. The molecular weight excluding hydrogens is 466 g/mol. The maximum atomic E-state index is 12.8. The van der Waals surface area contributed by atoms with Crippen LogP contribution in [0.2, 0.25) is 0 Å². The van der Waals surface area contributed by atoms with Gasteiger partial charge in [-0.15, -0.1) is 0 Å². The number of aryl methyl sites for hydroxylation is 1. The van der Waals surface area contributed by atoms with Gasteiger partial charge in [0.2, 0.25) is 0 Å². The van der Waals surface area contributed by atoms with E-state index in [2.05, 4.69) is 30.2 Å². The van der Waals surface area contributed by atoms with Crippen molar-refractivity contribution < 1.29 is 9.53 Å². The topological polar surface area (TPSA) is 119 Å². The number of aromatic nitrogens is 6. The van der Waals surface area contributed by atoms with Crippen LogP contribution in [0.15, 0.2) is 67.3 Å². The van der Waals surface area contributed by atoms with Crippen molar-refractivity contribution in [1.82, 2.24) is 35.2 Å². The Balaban J connectivity index is 1.16. The van der Waals surface area contributed by atoms with Crippen molar-refractivity contribution in [2.75, 3.05) is 13.2 Å². The summed E-state index contributed by atoms with van der Waals surface area (Å²) >= 11 is 0. The van der Waals surface area contributed by atoms with Crippen LogP contribution in [0.5, 0.6) is 5.75 Å². The lowest BCUT2D eigenvalue weighted by molar-refractivity contribution is 0.0954. The molecule has 1 aliphatic rings. The van der Waals surface area contributed by atoms with E-state index in [9.17, 15) is 4.79 Å². The second-order valence-electron chi connectivity index (χ2n) is 9.11. The number of rotatable bonds is 6. The van der Waals surface area contributed by atoms with E-state index in [4.69, 9.17) is 9.72 Å². The lowest BCUT2D eigenvalue weighted by Crippen LogP contribution is -2.26. The van der Waals surface area contributed by atoms with Crippen LogP contribution in [0.1, 0.15) is 39.1 Å². The number of nitrogens with one attached hydrogen (secondary N) is 2. The third-order valence-corrected chi connectivity index (χ3v) is 6.47. The number of hydrogen-bond donors (Lipinski definition) is 2. The van der Waals surface area contributed by atoms with E-state index in [0.29, 0.717) is 36.6 Å². The molecule has 0 fully saturated rings. The van der Waals surface area contributed by atoms with Gasteiger partial charge in [-0.05, 0) is 67.3 Å². The second kappa shape index (κ2) is 9.77. The van der Waals surface area contributed by atoms with Gasteiger partial charge in [0.05, 0.1) is 23.7 Å². The van der Waals surface area contributed by atoms with Crippen molar-refractivity contribution in [2.45, 2.75) is 25.7 Å². The number of fused-ring (bicyclic) bond motifs is 2. The molecule has 0 radical (unpaired) electrons. The van der Waals surface area contributed by atoms with Crippen molar-refractivity contribution in [2.24, 2.45) is 0 Å². The smallest absolute Gasteiger partial charge is 0.251 e. The number of ether oxygens (including phenoxy) is 1. The van der Waals surface area contributed by atoms with Gasteiger partial charge in [0.25, 0.3) is 5.91 Å². The Hall–Kier alpha value is -4.66. The highest BCUT2D eigenvalue weighted by Crippen LogP contribution is 2.33. The van der Waals surface area contributed by atoms with E-state index >= 15 is 0 Å². The Bertz CT molecular complexity index is 1580. The summed E-state index contributed by atoms with van der Waals surface area (Å²) in [6.07, 6.45) is 8.52. The van der Waals surface area contributed by atoms with Gasteiger partial charge >= 0.3 is 0 Å². The number of H-pyrrole nitrogens is 1. The summed E-state index contributed by atoms with van der Waals surface area (Å²) in [6.45, 7) is 2.91. The monoisotopic (exact) mass is 491 g/mol. The van der Waals surface area contributed by atoms with Gasteiger partial charge in [-0.1, -0.05) is 6.07 Å². The zero-order valence-electron chi connectivity index (χ0n) is 20.3. The highest BCUT2D eigenvalue weighted by atomic mass is 16.5. The van der Waals surface area contributed by atoms with Crippen LogP contribution in [-0.2, 0) is 12.8 Å². The van der Waals surface area contributed by atoms with Crippen LogP contribution < -0.4 is 10.1 Å². The fourth-order valence-electron chi connectivity index (χ4n) is 4.55. The van der Waals surface area contributed by atoms with E-state index in [1.165, 1.54) is 0 Å². The molecule has 184 valence electrons.